The van der Waals surface area contributed by atoms with Gasteiger partial charge in [0, 0.05) is 12.1 Å². The smallest absolute Gasteiger partial charge is 0.234 e. The number of piperidine rings is 1. The molecule has 1 rings (SSSR count). The lowest BCUT2D eigenvalue weighted by Crippen LogP contribution is -2.49. The fraction of sp³-hybridized carbons (Fsp3) is 0.929. The molecule has 0 radical (unpaired) electrons. The van der Waals surface area contributed by atoms with E-state index in [9.17, 15) is 4.79 Å². The van der Waals surface area contributed by atoms with Gasteiger partial charge >= 0.3 is 0 Å². The fourth-order valence-electron chi connectivity index (χ4n) is 2.46. The molecule has 1 amide bonds. The van der Waals surface area contributed by atoms with Gasteiger partial charge in [0.15, 0.2) is 0 Å². The van der Waals surface area contributed by atoms with Crippen LogP contribution in [-0.2, 0) is 4.79 Å². The van der Waals surface area contributed by atoms with Crippen molar-refractivity contribution in [3.05, 3.63) is 0 Å². The molecule has 0 aliphatic carbocycles. The first kappa shape index (κ1) is 18.7. The Morgan fingerprint density at radius 3 is 2.68 bits per heavy atom. The summed E-state index contributed by atoms with van der Waals surface area (Å²) >= 11 is 0. The van der Waals surface area contributed by atoms with Gasteiger partial charge in [-0.05, 0) is 59.2 Å². The second-order valence-corrected chi connectivity index (χ2v) is 6.09. The number of nitrogens with one attached hydrogen (secondary N) is 2. The van der Waals surface area contributed by atoms with Crippen LogP contribution in [-0.4, -0.2) is 49.6 Å². The van der Waals surface area contributed by atoms with Crippen LogP contribution >= 0.6 is 12.4 Å². The Kier molecular flexibility index (Phi) is 8.62. The summed E-state index contributed by atoms with van der Waals surface area (Å²) in [6.07, 6.45) is 3.44. The number of hydrogen-bond donors (Lipinski definition) is 2. The zero-order valence-electron chi connectivity index (χ0n) is 12.8. The molecule has 114 valence electrons. The molecule has 4 nitrogen and oxygen atoms in total. The van der Waals surface area contributed by atoms with E-state index in [1.807, 2.05) is 7.05 Å². The van der Waals surface area contributed by atoms with Crippen molar-refractivity contribution >= 4 is 18.3 Å². The third kappa shape index (κ3) is 7.14. The number of nitrogens with zero attached hydrogens (tertiary/aromatic N) is 1. The van der Waals surface area contributed by atoms with Crippen LogP contribution in [0.5, 0.6) is 0 Å². The lowest BCUT2D eigenvalue weighted by Gasteiger charge is -2.33. The molecule has 0 bridgehead atoms. The lowest BCUT2D eigenvalue weighted by atomic mass is 9.98. The fourth-order valence-corrected chi connectivity index (χ4v) is 2.46. The van der Waals surface area contributed by atoms with E-state index >= 15 is 0 Å². The summed E-state index contributed by atoms with van der Waals surface area (Å²) in [7, 11) is 2.00. The molecule has 0 saturated carbocycles. The number of amides is 1. The normalized spacial score (nSPS) is 20.7. The highest BCUT2D eigenvalue weighted by molar-refractivity contribution is 5.85. The Balaban J connectivity index is 0.00000324. The maximum absolute atomic E-state index is 12.0. The van der Waals surface area contributed by atoms with Gasteiger partial charge in [-0.2, -0.15) is 0 Å². The van der Waals surface area contributed by atoms with Crippen LogP contribution in [0.1, 0.15) is 40.0 Å². The van der Waals surface area contributed by atoms with E-state index in [1.165, 1.54) is 12.8 Å². The highest BCUT2D eigenvalue weighted by Crippen LogP contribution is 2.15. The number of halogens is 1. The highest BCUT2D eigenvalue weighted by Gasteiger charge is 2.23. The van der Waals surface area contributed by atoms with Gasteiger partial charge in [0.25, 0.3) is 0 Å². The van der Waals surface area contributed by atoms with Crippen molar-refractivity contribution in [2.45, 2.75) is 45.6 Å². The van der Waals surface area contributed by atoms with Gasteiger partial charge in [-0.25, -0.2) is 0 Å². The van der Waals surface area contributed by atoms with Crippen LogP contribution < -0.4 is 10.6 Å². The molecule has 1 fully saturated rings. The largest absolute Gasteiger partial charge is 0.350 e. The summed E-state index contributed by atoms with van der Waals surface area (Å²) in [5.41, 5.74) is -0.0861. The van der Waals surface area contributed by atoms with E-state index < -0.39 is 0 Å². The average molecular weight is 292 g/mol. The predicted octanol–water partition coefficient (Wildman–Crippen LogP) is 1.64. The summed E-state index contributed by atoms with van der Waals surface area (Å²) in [6, 6.07) is 0. The zero-order chi connectivity index (χ0) is 13.6. The van der Waals surface area contributed by atoms with E-state index in [4.69, 9.17) is 0 Å². The minimum atomic E-state index is -0.0861. The summed E-state index contributed by atoms with van der Waals surface area (Å²) in [5, 5.41) is 6.34. The molecule has 1 unspecified atom stereocenters. The van der Waals surface area contributed by atoms with Crippen molar-refractivity contribution in [2.75, 3.05) is 33.2 Å². The van der Waals surface area contributed by atoms with E-state index in [1.54, 1.807) is 0 Å². The van der Waals surface area contributed by atoms with Gasteiger partial charge in [0.05, 0.1) is 6.54 Å². The SMILES string of the molecule is CCC(C)(C)NC(=O)CN1CCCC(CNC)C1.Cl. The van der Waals surface area contributed by atoms with Gasteiger partial charge in [-0.15, -0.1) is 12.4 Å². The highest BCUT2D eigenvalue weighted by atomic mass is 35.5. The first-order valence-corrected chi connectivity index (χ1v) is 7.15. The number of likely N-dealkylation sites (tertiary alicyclic amines) is 1. The van der Waals surface area contributed by atoms with E-state index in [0.717, 1.165) is 26.1 Å². The van der Waals surface area contributed by atoms with Crippen molar-refractivity contribution in [2.24, 2.45) is 5.92 Å². The van der Waals surface area contributed by atoms with E-state index in [0.29, 0.717) is 12.5 Å². The van der Waals surface area contributed by atoms with Crippen LogP contribution in [0.3, 0.4) is 0 Å². The third-order valence-electron chi connectivity index (χ3n) is 3.82. The van der Waals surface area contributed by atoms with Crippen LogP contribution in [0.2, 0.25) is 0 Å². The standard InChI is InChI=1S/C14H29N3O.ClH/c1-5-14(2,3)16-13(18)11-17-8-6-7-12(10-17)9-15-4;/h12,15H,5-11H2,1-4H3,(H,16,18);1H. The van der Waals surface area contributed by atoms with Crippen LogP contribution in [0, 0.1) is 5.92 Å². The minimum absolute atomic E-state index is 0. The van der Waals surface area contributed by atoms with Crippen molar-refractivity contribution in [3.63, 3.8) is 0 Å². The molecule has 5 heteroatoms. The van der Waals surface area contributed by atoms with Gasteiger partial charge in [-0.1, -0.05) is 6.92 Å². The van der Waals surface area contributed by atoms with Crippen LogP contribution in [0.15, 0.2) is 0 Å². The molecule has 1 aliphatic rings. The number of carbonyl (C=O) groups excluding carboxylic acids is 1. The van der Waals surface area contributed by atoms with Gasteiger partial charge < -0.3 is 10.6 Å². The van der Waals surface area contributed by atoms with Crippen molar-refractivity contribution in [3.8, 4) is 0 Å². The van der Waals surface area contributed by atoms with Gasteiger partial charge in [-0.3, -0.25) is 9.69 Å². The molecule has 1 aliphatic heterocycles. The third-order valence-corrected chi connectivity index (χ3v) is 3.82. The number of rotatable bonds is 6. The summed E-state index contributed by atoms with van der Waals surface area (Å²) in [5.74, 6) is 0.850. The molecule has 0 aromatic heterocycles. The molecule has 1 saturated heterocycles. The molecule has 2 N–H and O–H groups in total. The molecule has 0 aromatic rings. The van der Waals surface area contributed by atoms with Crippen LogP contribution in [0.4, 0.5) is 0 Å². The first-order valence-electron chi connectivity index (χ1n) is 7.15. The van der Waals surface area contributed by atoms with E-state index in [-0.39, 0.29) is 23.9 Å². The van der Waals surface area contributed by atoms with Gasteiger partial charge in [0.2, 0.25) is 5.91 Å². The monoisotopic (exact) mass is 291 g/mol. The summed E-state index contributed by atoms with van der Waals surface area (Å²) in [4.78, 5) is 14.3. The van der Waals surface area contributed by atoms with Crippen LogP contribution in [0.25, 0.3) is 0 Å². The Labute approximate surface area is 124 Å². The van der Waals surface area contributed by atoms with Crippen molar-refractivity contribution in [1.82, 2.24) is 15.5 Å². The first-order chi connectivity index (χ1) is 8.46. The Morgan fingerprint density at radius 1 is 1.42 bits per heavy atom. The lowest BCUT2D eigenvalue weighted by molar-refractivity contribution is -0.124. The predicted molar refractivity (Wildman–Crippen MR) is 82.9 cm³/mol. The topological polar surface area (TPSA) is 44.4 Å². The second-order valence-electron chi connectivity index (χ2n) is 6.09. The number of hydrogen-bond acceptors (Lipinski definition) is 3. The molecule has 1 heterocycles. The van der Waals surface area contributed by atoms with Crippen molar-refractivity contribution in [1.29, 1.82) is 0 Å². The Hall–Kier alpha value is -0.320. The number of carbonyl (C=O) groups is 1. The summed E-state index contributed by atoms with van der Waals surface area (Å²) in [6.45, 7) is 9.95. The molecule has 19 heavy (non-hydrogen) atoms. The van der Waals surface area contributed by atoms with Gasteiger partial charge in [0.1, 0.15) is 0 Å². The quantitative estimate of drug-likeness (QED) is 0.782. The molecule has 0 spiro atoms. The second kappa shape index (κ2) is 8.77. The maximum atomic E-state index is 12.0. The van der Waals surface area contributed by atoms with Crippen molar-refractivity contribution < 1.29 is 4.79 Å². The maximum Gasteiger partial charge on any atom is 0.234 e. The zero-order valence-corrected chi connectivity index (χ0v) is 13.6. The molecular weight excluding hydrogens is 262 g/mol. The minimum Gasteiger partial charge on any atom is -0.350 e. The molecule has 0 aromatic carbocycles. The Morgan fingerprint density at radius 2 is 2.11 bits per heavy atom. The summed E-state index contributed by atoms with van der Waals surface area (Å²) < 4.78 is 0. The Bertz CT molecular complexity index is 269. The molecular formula is C14H30ClN3O. The van der Waals surface area contributed by atoms with E-state index in [2.05, 4.69) is 36.3 Å². The average Bonchev–Trinajstić information content (AvgIpc) is 2.29. The molecule has 1 atom stereocenters.